The van der Waals surface area contributed by atoms with Gasteiger partial charge in [0, 0.05) is 0 Å². The third-order valence-corrected chi connectivity index (χ3v) is 3.55. The van der Waals surface area contributed by atoms with Gasteiger partial charge in [-0.3, -0.25) is 0 Å². The molecule has 2 heterocycles. The number of anilines is 1. The second kappa shape index (κ2) is 9.82. The Bertz CT molecular complexity index is 677. The SMILES string of the molecule is CC(C)[C@H](COCP(=O)([O-])[O-])n1cnc2c(N)ncnc21.[Na+].[Na+]. The number of hydrogen-bond donors (Lipinski definition) is 1. The van der Waals surface area contributed by atoms with Crippen molar-refractivity contribution in [2.75, 3.05) is 18.7 Å². The molecule has 0 spiro atoms. The van der Waals surface area contributed by atoms with E-state index in [0.29, 0.717) is 11.2 Å². The van der Waals surface area contributed by atoms with Crippen LogP contribution >= 0.6 is 7.60 Å². The minimum atomic E-state index is -4.68. The fraction of sp³-hybridized carbons (Fsp3) is 0.545. The van der Waals surface area contributed by atoms with Crippen molar-refractivity contribution >= 4 is 24.6 Å². The maximum Gasteiger partial charge on any atom is 1.00 e. The summed E-state index contributed by atoms with van der Waals surface area (Å²) in [5.74, 6) is 0.377. The summed E-state index contributed by atoms with van der Waals surface area (Å²) >= 11 is 0. The van der Waals surface area contributed by atoms with Crippen molar-refractivity contribution < 1.29 is 78.2 Å². The van der Waals surface area contributed by atoms with Crippen LogP contribution in [0.2, 0.25) is 0 Å². The normalized spacial score (nSPS) is 12.7. The molecule has 9 nitrogen and oxygen atoms in total. The molecule has 0 aromatic carbocycles. The van der Waals surface area contributed by atoms with Crippen LogP contribution in [0.3, 0.4) is 0 Å². The molecular weight excluding hydrogens is 343 g/mol. The number of nitrogens with two attached hydrogens (primary N) is 1. The third-order valence-electron chi connectivity index (χ3n) is 3.05. The van der Waals surface area contributed by atoms with Gasteiger partial charge in [-0.1, -0.05) is 13.8 Å². The molecule has 0 aliphatic carbocycles. The summed E-state index contributed by atoms with van der Waals surface area (Å²) in [5.41, 5.74) is 6.74. The molecule has 12 heteroatoms. The van der Waals surface area contributed by atoms with Crippen molar-refractivity contribution in [3.05, 3.63) is 12.7 Å². The predicted octanol–water partition coefficient (Wildman–Crippen LogP) is -6.50. The minimum Gasteiger partial charge on any atom is -0.809 e. The van der Waals surface area contributed by atoms with Gasteiger partial charge in [-0.2, -0.15) is 0 Å². The first kappa shape index (κ1) is 23.5. The fourth-order valence-corrected chi connectivity index (χ4v) is 2.32. The summed E-state index contributed by atoms with van der Waals surface area (Å²) in [6.45, 7) is 3.94. The monoisotopic (exact) mass is 359 g/mol. The maximum atomic E-state index is 10.6. The molecule has 0 unspecified atom stereocenters. The molecule has 2 aromatic heterocycles. The van der Waals surface area contributed by atoms with E-state index in [1.165, 1.54) is 6.33 Å². The van der Waals surface area contributed by atoms with Crippen LogP contribution in [-0.4, -0.2) is 32.5 Å². The van der Waals surface area contributed by atoms with Crippen LogP contribution in [0.5, 0.6) is 0 Å². The van der Waals surface area contributed by atoms with Crippen LogP contribution in [0.25, 0.3) is 11.2 Å². The van der Waals surface area contributed by atoms with Crippen LogP contribution in [0.15, 0.2) is 12.7 Å². The van der Waals surface area contributed by atoms with Crippen molar-refractivity contribution in [2.24, 2.45) is 5.92 Å². The number of imidazole rings is 1. The summed E-state index contributed by atoms with van der Waals surface area (Å²) in [6, 6.07) is -0.226. The van der Waals surface area contributed by atoms with Gasteiger partial charge < -0.3 is 29.4 Å². The van der Waals surface area contributed by atoms with Crippen LogP contribution < -0.4 is 74.6 Å². The largest absolute Gasteiger partial charge is 1.00 e. The Kier molecular flexibility index (Phi) is 10.0. The molecule has 0 aliphatic heterocycles. The van der Waals surface area contributed by atoms with Crippen LogP contribution in [0.4, 0.5) is 5.82 Å². The molecule has 2 aromatic rings. The minimum absolute atomic E-state index is 0. The fourth-order valence-electron chi connectivity index (χ4n) is 1.99. The first-order valence-corrected chi connectivity index (χ1v) is 8.04. The Morgan fingerprint density at radius 3 is 2.52 bits per heavy atom. The molecular formula is C11H16N5Na2O4P. The van der Waals surface area contributed by atoms with Crippen LogP contribution in [-0.2, 0) is 9.30 Å². The Balaban J connectivity index is 0.00000242. The van der Waals surface area contributed by atoms with Crippen molar-refractivity contribution in [1.82, 2.24) is 19.5 Å². The molecule has 0 saturated heterocycles. The molecule has 0 bridgehead atoms. The van der Waals surface area contributed by atoms with E-state index in [0.717, 1.165) is 0 Å². The Morgan fingerprint density at radius 1 is 1.30 bits per heavy atom. The maximum absolute atomic E-state index is 10.6. The Morgan fingerprint density at radius 2 is 1.96 bits per heavy atom. The average molecular weight is 359 g/mol. The van der Waals surface area contributed by atoms with Crippen molar-refractivity contribution in [3.63, 3.8) is 0 Å². The molecule has 0 radical (unpaired) electrons. The van der Waals surface area contributed by atoms with Crippen LogP contribution in [0, 0.1) is 5.92 Å². The standard InChI is InChI=1S/C11H18N5O4P.2Na/c1-7(2)8(3-20-6-21(17,18)19)16-5-15-9-10(12)13-4-14-11(9)16;;/h4-5,7-8H,3,6H2,1-2H3,(H2,12,13,14)(H2,17,18,19);;/q;2*+1/p-2/t8-;;/m0../s1. The van der Waals surface area contributed by atoms with E-state index in [2.05, 4.69) is 15.0 Å². The topological polar surface area (TPSA) is 142 Å². The van der Waals surface area contributed by atoms with Gasteiger partial charge in [0.15, 0.2) is 11.5 Å². The van der Waals surface area contributed by atoms with Gasteiger partial charge in [0.25, 0.3) is 0 Å². The molecule has 23 heavy (non-hydrogen) atoms. The molecule has 0 aliphatic rings. The van der Waals surface area contributed by atoms with E-state index in [9.17, 15) is 14.4 Å². The first-order chi connectivity index (χ1) is 9.79. The van der Waals surface area contributed by atoms with Gasteiger partial charge in [0.1, 0.15) is 11.8 Å². The summed E-state index contributed by atoms with van der Waals surface area (Å²) in [7, 11) is -4.68. The van der Waals surface area contributed by atoms with E-state index in [1.54, 1.807) is 10.9 Å². The summed E-state index contributed by atoms with van der Waals surface area (Å²) in [4.78, 5) is 33.4. The van der Waals surface area contributed by atoms with Gasteiger partial charge in [-0.05, 0) is 13.5 Å². The zero-order valence-electron chi connectivity index (χ0n) is 13.7. The molecule has 0 saturated carbocycles. The summed E-state index contributed by atoms with van der Waals surface area (Å²) in [5, 5.41) is 0. The third kappa shape index (κ3) is 6.36. The second-order valence-corrected chi connectivity index (χ2v) is 6.49. The number of rotatable bonds is 6. The Labute approximate surface area is 178 Å². The van der Waals surface area contributed by atoms with Crippen molar-refractivity contribution in [3.8, 4) is 0 Å². The van der Waals surface area contributed by atoms with Crippen molar-refractivity contribution in [1.29, 1.82) is 0 Å². The smallest absolute Gasteiger partial charge is 0.809 e. The number of aromatic nitrogens is 4. The van der Waals surface area contributed by atoms with Crippen molar-refractivity contribution in [2.45, 2.75) is 19.9 Å². The van der Waals surface area contributed by atoms with Crippen LogP contribution in [0.1, 0.15) is 19.9 Å². The van der Waals surface area contributed by atoms with Gasteiger partial charge in [-0.15, -0.1) is 0 Å². The number of fused-ring (bicyclic) bond motifs is 1. The number of nitrogen functional groups attached to an aromatic ring is 1. The van der Waals surface area contributed by atoms with E-state index >= 15 is 0 Å². The molecule has 2 N–H and O–H groups in total. The number of ether oxygens (including phenoxy) is 1. The Hall–Kier alpha value is 0.460. The zero-order valence-corrected chi connectivity index (χ0v) is 18.6. The van der Waals surface area contributed by atoms with E-state index in [-0.39, 0.29) is 83.5 Å². The summed E-state index contributed by atoms with van der Waals surface area (Å²) < 4.78 is 17.4. The predicted molar refractivity (Wildman–Crippen MR) is 72.0 cm³/mol. The number of nitrogens with zero attached hydrogens (tertiary/aromatic N) is 4. The molecule has 2 rings (SSSR count). The quantitative estimate of drug-likeness (QED) is 0.396. The van der Waals surface area contributed by atoms with Gasteiger partial charge in [-0.25, -0.2) is 15.0 Å². The van der Waals surface area contributed by atoms with Gasteiger partial charge >= 0.3 is 59.1 Å². The zero-order chi connectivity index (χ0) is 15.6. The van der Waals surface area contributed by atoms with E-state index in [4.69, 9.17) is 10.5 Å². The average Bonchev–Trinajstić information content (AvgIpc) is 2.78. The second-order valence-electron chi connectivity index (χ2n) is 5.01. The summed E-state index contributed by atoms with van der Waals surface area (Å²) in [6.07, 6.45) is 2.05. The van der Waals surface area contributed by atoms with E-state index in [1.807, 2.05) is 13.8 Å². The van der Waals surface area contributed by atoms with Gasteiger partial charge in [0.2, 0.25) is 0 Å². The molecule has 0 amide bonds. The molecule has 1 atom stereocenters. The number of hydrogen-bond acceptors (Lipinski definition) is 8. The first-order valence-electron chi connectivity index (χ1n) is 6.31. The molecule has 116 valence electrons. The molecule has 0 fully saturated rings. The van der Waals surface area contributed by atoms with Gasteiger partial charge in [0.05, 0.1) is 25.3 Å². The van der Waals surface area contributed by atoms with E-state index < -0.39 is 13.9 Å².